The molecule has 0 aromatic carbocycles. The fourth-order valence-electron chi connectivity index (χ4n) is 6.56. The summed E-state index contributed by atoms with van der Waals surface area (Å²) in [7, 11) is 3.22. The van der Waals surface area contributed by atoms with E-state index in [0.29, 0.717) is 13.0 Å². The number of rotatable bonds is 10. The molecule has 2 aliphatic carbocycles. The van der Waals surface area contributed by atoms with Gasteiger partial charge >= 0.3 is 6.03 Å². The minimum absolute atomic E-state index is 0.0709. The zero-order valence-electron chi connectivity index (χ0n) is 27.5. The number of nitrogens with two attached hydrogens (primary N) is 1. The second-order valence-corrected chi connectivity index (χ2v) is 15.7. The van der Waals surface area contributed by atoms with Gasteiger partial charge in [0.05, 0.1) is 6.04 Å². The van der Waals surface area contributed by atoms with Crippen LogP contribution in [0.3, 0.4) is 0 Å². The number of primary amides is 1. The first kappa shape index (κ1) is 34.3. The number of hydrogen-bond donors (Lipinski definition) is 4. The van der Waals surface area contributed by atoms with E-state index in [1.54, 1.807) is 14.1 Å². The molecule has 1 aliphatic heterocycles. The van der Waals surface area contributed by atoms with Crippen molar-refractivity contribution >= 4 is 35.4 Å². The maximum Gasteiger partial charge on any atom is 0.316 e. The number of ketones is 1. The van der Waals surface area contributed by atoms with Crippen molar-refractivity contribution in [2.45, 2.75) is 105 Å². The van der Waals surface area contributed by atoms with Crippen molar-refractivity contribution in [3.8, 4) is 0 Å². The van der Waals surface area contributed by atoms with Gasteiger partial charge in [0.2, 0.25) is 23.5 Å². The molecule has 3 fully saturated rings. The number of nitrogens with one attached hydrogen (secondary N) is 3. The van der Waals surface area contributed by atoms with E-state index >= 15 is 0 Å². The number of likely N-dealkylation sites (N-methyl/N-ethyl adjacent to an activating group) is 1. The van der Waals surface area contributed by atoms with Crippen molar-refractivity contribution < 1.29 is 28.8 Å². The Kier molecular flexibility index (Phi) is 9.63. The van der Waals surface area contributed by atoms with Gasteiger partial charge < -0.3 is 31.5 Å². The van der Waals surface area contributed by atoms with Crippen LogP contribution in [0.2, 0.25) is 0 Å². The molecule has 6 amide bonds. The molecule has 43 heavy (non-hydrogen) atoms. The zero-order chi connectivity index (χ0) is 32.8. The van der Waals surface area contributed by atoms with Gasteiger partial charge in [-0.05, 0) is 40.4 Å². The average Bonchev–Trinajstić information content (AvgIpc) is 3.17. The predicted molar refractivity (Wildman–Crippen MR) is 161 cm³/mol. The number of piperidine rings is 1. The number of hydrogen-bond acceptors (Lipinski definition) is 6. The van der Waals surface area contributed by atoms with Gasteiger partial charge in [0.15, 0.2) is 0 Å². The topological polar surface area (TPSA) is 171 Å². The number of likely N-dealkylation sites (tertiary alicyclic amines) is 1. The summed E-state index contributed by atoms with van der Waals surface area (Å²) in [6, 6.07) is -4.44. The van der Waals surface area contributed by atoms with Crippen LogP contribution in [0.4, 0.5) is 4.79 Å². The van der Waals surface area contributed by atoms with Gasteiger partial charge in [0, 0.05) is 20.6 Å². The molecule has 3 aliphatic rings. The zero-order valence-corrected chi connectivity index (χ0v) is 27.5. The summed E-state index contributed by atoms with van der Waals surface area (Å²) < 4.78 is 0. The summed E-state index contributed by atoms with van der Waals surface area (Å²) >= 11 is 0. The predicted octanol–water partition coefficient (Wildman–Crippen LogP) is 1.42. The molecule has 1 heterocycles. The third-order valence-electron chi connectivity index (χ3n) is 9.65. The molecular formula is C31H52N6O6. The highest BCUT2D eigenvalue weighted by Crippen LogP contribution is 2.65. The fraction of sp³-hybridized carbons (Fsp3) is 0.806. The van der Waals surface area contributed by atoms with Crippen molar-refractivity contribution in [2.24, 2.45) is 39.7 Å². The highest BCUT2D eigenvalue weighted by molar-refractivity contribution is 6.37. The number of nitrogens with zero attached hydrogens (tertiary/aromatic N) is 2. The smallest absolute Gasteiger partial charge is 0.316 e. The van der Waals surface area contributed by atoms with E-state index < -0.39 is 64.5 Å². The molecule has 3 rings (SSSR count). The molecule has 6 atom stereocenters. The molecule has 12 heteroatoms. The Hall–Kier alpha value is -3.18. The highest BCUT2D eigenvalue weighted by atomic mass is 16.2. The Bertz CT molecular complexity index is 1150. The number of Topliss-reactive ketones (excluding diaryl/α,β-unsaturated/α-hetero) is 1. The van der Waals surface area contributed by atoms with Crippen molar-refractivity contribution in [1.82, 2.24) is 25.8 Å². The lowest BCUT2D eigenvalue weighted by atomic mass is 9.80. The summed E-state index contributed by atoms with van der Waals surface area (Å²) in [5, 5.41) is 8.33. The number of carbonyl (C=O) groups is 6. The van der Waals surface area contributed by atoms with Gasteiger partial charge in [-0.3, -0.25) is 24.0 Å². The summed E-state index contributed by atoms with van der Waals surface area (Å²) in [6.07, 6.45) is 3.20. The summed E-state index contributed by atoms with van der Waals surface area (Å²) in [5.74, 6) is -2.97. The van der Waals surface area contributed by atoms with Gasteiger partial charge in [-0.15, -0.1) is 0 Å². The molecule has 1 saturated heterocycles. The Morgan fingerprint density at radius 3 is 1.88 bits per heavy atom. The largest absolute Gasteiger partial charge is 0.363 e. The lowest BCUT2D eigenvalue weighted by molar-refractivity contribution is -0.145. The molecule has 2 saturated carbocycles. The molecule has 0 radical (unpaired) electrons. The first-order valence-electron chi connectivity index (χ1n) is 15.3. The van der Waals surface area contributed by atoms with Crippen LogP contribution in [0.15, 0.2) is 0 Å². The fourth-order valence-corrected chi connectivity index (χ4v) is 6.56. The van der Waals surface area contributed by atoms with Gasteiger partial charge in [-0.2, -0.15) is 0 Å². The number of carbonyl (C=O) groups excluding carboxylic acids is 6. The van der Waals surface area contributed by atoms with Gasteiger partial charge in [0.1, 0.15) is 18.1 Å². The summed E-state index contributed by atoms with van der Waals surface area (Å²) in [4.78, 5) is 81.5. The van der Waals surface area contributed by atoms with Crippen LogP contribution in [0.25, 0.3) is 0 Å². The van der Waals surface area contributed by atoms with E-state index in [-0.39, 0.29) is 29.1 Å². The lowest BCUT2D eigenvalue weighted by Gasteiger charge is -2.39. The molecule has 5 N–H and O–H groups in total. The third-order valence-corrected chi connectivity index (χ3v) is 9.65. The molecule has 12 nitrogen and oxygen atoms in total. The molecule has 0 aromatic heterocycles. The lowest BCUT2D eigenvalue weighted by Crippen LogP contribution is -2.63. The highest BCUT2D eigenvalue weighted by Gasteiger charge is 2.70. The molecule has 0 bridgehead atoms. The van der Waals surface area contributed by atoms with Gasteiger partial charge in [-0.1, -0.05) is 74.7 Å². The molecular weight excluding hydrogens is 552 g/mol. The Balaban J connectivity index is 1.84. The normalized spacial score (nSPS) is 24.9. The maximum absolute atomic E-state index is 14.2. The monoisotopic (exact) mass is 604 g/mol. The molecule has 242 valence electrons. The Labute approximate surface area is 255 Å². The quantitative estimate of drug-likeness (QED) is 0.275. The first-order valence-corrected chi connectivity index (χ1v) is 15.3. The number of amides is 6. The van der Waals surface area contributed by atoms with Crippen LogP contribution in [0.1, 0.15) is 81.1 Å². The minimum atomic E-state index is -1.10. The van der Waals surface area contributed by atoms with Crippen molar-refractivity contribution in [1.29, 1.82) is 0 Å². The molecule has 1 unspecified atom stereocenters. The standard InChI is InChI=1S/C31H52N6O6/c1-29(2,3)22(26(41)36(9)10)34-28(43)35-23(30(4,5)6)27(42)37-15-17-19(31(17,7)8)20(37)25(40)33-18(21(38)24(32)39)14-16-12-11-13-16/h16-20,22-23H,11-15H2,1-10H3,(H2,32,39)(H,33,40)(H2,34,35,43)/t17-,18?,19-,20-,22+,23+/m0/s1. The minimum Gasteiger partial charge on any atom is -0.363 e. The van der Waals surface area contributed by atoms with E-state index in [0.717, 1.165) is 19.3 Å². The van der Waals surface area contributed by atoms with E-state index in [2.05, 4.69) is 16.0 Å². The van der Waals surface area contributed by atoms with Crippen LogP contribution >= 0.6 is 0 Å². The van der Waals surface area contributed by atoms with Crippen molar-refractivity contribution in [3.05, 3.63) is 0 Å². The van der Waals surface area contributed by atoms with Crippen LogP contribution < -0.4 is 21.7 Å². The van der Waals surface area contributed by atoms with E-state index in [9.17, 15) is 28.8 Å². The second-order valence-electron chi connectivity index (χ2n) is 15.7. The van der Waals surface area contributed by atoms with E-state index in [1.165, 1.54) is 9.80 Å². The van der Waals surface area contributed by atoms with Gasteiger partial charge in [0.25, 0.3) is 5.91 Å². The number of urea groups is 1. The van der Waals surface area contributed by atoms with Crippen molar-refractivity contribution in [2.75, 3.05) is 20.6 Å². The summed E-state index contributed by atoms with van der Waals surface area (Å²) in [6.45, 7) is 15.4. The van der Waals surface area contributed by atoms with Crippen LogP contribution in [-0.4, -0.2) is 90.1 Å². The Morgan fingerprint density at radius 2 is 1.44 bits per heavy atom. The summed E-state index contributed by atoms with van der Waals surface area (Å²) in [5.41, 5.74) is 3.79. The number of fused-ring (bicyclic) bond motifs is 1. The van der Waals surface area contributed by atoms with Crippen LogP contribution in [0, 0.1) is 34.0 Å². The second kappa shape index (κ2) is 12.1. The van der Waals surface area contributed by atoms with Crippen molar-refractivity contribution in [3.63, 3.8) is 0 Å². The molecule has 0 aromatic rings. The van der Waals surface area contributed by atoms with E-state index in [4.69, 9.17) is 5.73 Å². The molecule has 0 spiro atoms. The SMILES string of the molecule is CN(C)C(=O)[C@@H](NC(=O)N[C@H](C(=O)N1C[C@H]2[C@@H]([C@H]1C(=O)NC(CC1CCC1)C(=O)C(N)=O)C2(C)C)C(C)(C)C)C(C)(C)C. The maximum atomic E-state index is 14.2. The average molecular weight is 605 g/mol. The Morgan fingerprint density at radius 1 is 0.907 bits per heavy atom. The van der Waals surface area contributed by atoms with Crippen LogP contribution in [-0.2, 0) is 24.0 Å². The third kappa shape index (κ3) is 7.32. The first-order chi connectivity index (χ1) is 19.6. The van der Waals surface area contributed by atoms with Crippen LogP contribution in [0.5, 0.6) is 0 Å². The van der Waals surface area contributed by atoms with E-state index in [1.807, 2.05) is 55.4 Å². The van der Waals surface area contributed by atoms with Gasteiger partial charge in [-0.25, -0.2) is 4.79 Å².